The SMILES string of the molecule is CC(C)CC1(CC(C)C)C(=O)N(Cl)C(=O)N1Cl. The first-order valence-corrected chi connectivity index (χ1v) is 6.40. The quantitative estimate of drug-likeness (QED) is 0.585. The normalized spacial score (nSPS) is 20.0. The first kappa shape index (κ1) is 14.6. The van der Waals surface area contributed by atoms with Crippen LogP contribution in [-0.2, 0) is 4.79 Å². The molecule has 0 atom stereocenters. The number of carbonyl (C=O) groups is 2. The van der Waals surface area contributed by atoms with Gasteiger partial charge in [-0.25, -0.2) is 9.21 Å². The summed E-state index contributed by atoms with van der Waals surface area (Å²) in [5.74, 6) is 0.0754. The molecule has 0 saturated carbocycles. The van der Waals surface area contributed by atoms with Crippen LogP contribution in [-0.4, -0.2) is 26.3 Å². The molecule has 1 saturated heterocycles. The smallest absolute Gasteiger partial charge is 0.270 e. The van der Waals surface area contributed by atoms with E-state index in [9.17, 15) is 9.59 Å². The number of hydrogen-bond donors (Lipinski definition) is 0. The Bertz CT molecular complexity index is 321. The summed E-state index contributed by atoms with van der Waals surface area (Å²) in [6.07, 6.45) is 1.03. The Hall–Kier alpha value is -0.480. The zero-order chi connectivity index (χ0) is 13.4. The van der Waals surface area contributed by atoms with Crippen LogP contribution in [0.2, 0.25) is 0 Å². The third-order valence-electron chi connectivity index (χ3n) is 2.78. The molecular weight excluding hydrogens is 263 g/mol. The van der Waals surface area contributed by atoms with Gasteiger partial charge in [0, 0.05) is 23.6 Å². The van der Waals surface area contributed by atoms with Gasteiger partial charge in [0.2, 0.25) is 0 Å². The molecule has 0 bridgehead atoms. The Labute approximate surface area is 112 Å². The lowest BCUT2D eigenvalue weighted by Crippen LogP contribution is -2.47. The molecule has 0 aliphatic carbocycles. The van der Waals surface area contributed by atoms with Crippen LogP contribution in [0, 0.1) is 11.8 Å². The zero-order valence-electron chi connectivity index (χ0n) is 10.5. The molecule has 0 aromatic carbocycles. The summed E-state index contributed by atoms with van der Waals surface area (Å²) in [5.41, 5.74) is -0.997. The van der Waals surface area contributed by atoms with Gasteiger partial charge < -0.3 is 0 Å². The lowest BCUT2D eigenvalue weighted by atomic mass is 9.82. The van der Waals surface area contributed by atoms with E-state index in [0.29, 0.717) is 17.3 Å². The minimum atomic E-state index is -0.997. The molecule has 3 amide bonds. The van der Waals surface area contributed by atoms with E-state index in [4.69, 9.17) is 23.6 Å². The fraction of sp³-hybridized carbons (Fsp3) is 0.818. The van der Waals surface area contributed by atoms with Crippen molar-refractivity contribution in [1.82, 2.24) is 8.84 Å². The fourth-order valence-electron chi connectivity index (χ4n) is 2.38. The molecule has 1 heterocycles. The highest BCUT2D eigenvalue weighted by molar-refractivity contribution is 6.39. The highest BCUT2D eigenvalue weighted by atomic mass is 35.5. The Kier molecular flexibility index (Phi) is 4.31. The van der Waals surface area contributed by atoms with Gasteiger partial charge in [0.1, 0.15) is 5.54 Å². The Balaban J connectivity index is 3.13. The standard InChI is InChI=1S/C11H18Cl2N2O2/c1-7(2)5-11(6-8(3)4)9(16)14(12)10(17)15(11)13/h7-8H,5-6H2,1-4H3. The van der Waals surface area contributed by atoms with Gasteiger partial charge in [-0.05, 0) is 24.7 Å². The highest BCUT2D eigenvalue weighted by Crippen LogP contribution is 2.40. The predicted octanol–water partition coefficient (Wildman–Crippen LogP) is 3.39. The van der Waals surface area contributed by atoms with Gasteiger partial charge in [-0.15, -0.1) is 0 Å². The second-order valence-electron chi connectivity index (χ2n) is 5.38. The molecule has 0 radical (unpaired) electrons. The average molecular weight is 281 g/mol. The zero-order valence-corrected chi connectivity index (χ0v) is 12.0. The highest BCUT2D eigenvalue weighted by Gasteiger charge is 2.57. The summed E-state index contributed by atoms with van der Waals surface area (Å²) >= 11 is 11.7. The second-order valence-corrected chi connectivity index (χ2v) is 6.05. The topological polar surface area (TPSA) is 40.6 Å². The maximum Gasteiger partial charge on any atom is 0.357 e. The predicted molar refractivity (Wildman–Crippen MR) is 67.4 cm³/mol. The first-order chi connectivity index (χ1) is 7.72. The van der Waals surface area contributed by atoms with Crippen LogP contribution in [0.3, 0.4) is 0 Å². The van der Waals surface area contributed by atoms with E-state index in [1.165, 1.54) is 0 Å². The number of halogens is 2. The van der Waals surface area contributed by atoms with Crippen molar-refractivity contribution in [2.24, 2.45) is 11.8 Å². The summed E-state index contributed by atoms with van der Waals surface area (Å²) < 4.78 is 1.57. The molecule has 1 rings (SSSR count). The number of hydrogen-bond acceptors (Lipinski definition) is 2. The van der Waals surface area contributed by atoms with Crippen LogP contribution in [0.15, 0.2) is 0 Å². The van der Waals surface area contributed by atoms with Crippen LogP contribution in [0.4, 0.5) is 4.79 Å². The molecule has 0 aromatic rings. The summed E-state index contributed by atoms with van der Waals surface area (Å²) in [5, 5.41) is 0. The van der Waals surface area contributed by atoms with Crippen LogP contribution in [0.5, 0.6) is 0 Å². The van der Waals surface area contributed by atoms with Crippen molar-refractivity contribution >= 4 is 35.5 Å². The van der Waals surface area contributed by atoms with E-state index in [1.807, 2.05) is 27.7 Å². The van der Waals surface area contributed by atoms with Gasteiger partial charge in [-0.2, -0.15) is 4.42 Å². The first-order valence-electron chi connectivity index (χ1n) is 5.72. The van der Waals surface area contributed by atoms with Gasteiger partial charge in [-0.3, -0.25) is 4.79 Å². The van der Waals surface area contributed by atoms with Crippen LogP contribution in [0.25, 0.3) is 0 Å². The third kappa shape index (κ3) is 2.52. The number of amides is 3. The van der Waals surface area contributed by atoms with E-state index < -0.39 is 17.5 Å². The molecule has 17 heavy (non-hydrogen) atoms. The van der Waals surface area contributed by atoms with Crippen molar-refractivity contribution in [3.8, 4) is 0 Å². The van der Waals surface area contributed by atoms with Gasteiger partial charge in [-0.1, -0.05) is 27.7 Å². The van der Waals surface area contributed by atoms with Crippen molar-refractivity contribution in [3.05, 3.63) is 0 Å². The Morgan fingerprint density at radius 3 is 1.71 bits per heavy atom. The number of nitrogens with zero attached hydrogens (tertiary/aromatic N) is 2. The van der Waals surface area contributed by atoms with Crippen molar-refractivity contribution < 1.29 is 9.59 Å². The molecule has 0 N–H and O–H groups in total. The molecule has 6 heteroatoms. The molecule has 1 aliphatic heterocycles. The number of imide groups is 1. The molecule has 0 aromatic heterocycles. The maximum atomic E-state index is 12.2. The summed E-state index contributed by atoms with van der Waals surface area (Å²) in [4.78, 5) is 23.8. The lowest BCUT2D eigenvalue weighted by molar-refractivity contribution is -0.130. The maximum absolute atomic E-state index is 12.2. The molecular formula is C11H18Cl2N2O2. The number of carbonyl (C=O) groups excluding carboxylic acids is 2. The van der Waals surface area contributed by atoms with E-state index in [1.54, 1.807) is 0 Å². The lowest BCUT2D eigenvalue weighted by Gasteiger charge is -2.33. The van der Waals surface area contributed by atoms with Crippen molar-refractivity contribution in [2.75, 3.05) is 0 Å². The fourth-order valence-corrected chi connectivity index (χ4v) is 2.94. The largest absolute Gasteiger partial charge is 0.357 e. The third-order valence-corrected chi connectivity index (χ3v) is 3.55. The van der Waals surface area contributed by atoms with Crippen molar-refractivity contribution in [1.29, 1.82) is 0 Å². The molecule has 0 unspecified atom stereocenters. The molecule has 4 nitrogen and oxygen atoms in total. The van der Waals surface area contributed by atoms with E-state index in [2.05, 4.69) is 0 Å². The summed E-state index contributed by atoms with van der Waals surface area (Å²) in [6, 6.07) is -0.653. The number of rotatable bonds is 4. The van der Waals surface area contributed by atoms with Crippen LogP contribution in [0.1, 0.15) is 40.5 Å². The second kappa shape index (κ2) is 5.02. The minimum Gasteiger partial charge on any atom is -0.270 e. The van der Waals surface area contributed by atoms with Gasteiger partial charge >= 0.3 is 6.03 Å². The molecule has 1 aliphatic rings. The molecule has 0 spiro atoms. The molecule has 1 fully saturated rings. The van der Waals surface area contributed by atoms with Crippen LogP contribution < -0.4 is 0 Å². The van der Waals surface area contributed by atoms with Crippen molar-refractivity contribution in [3.63, 3.8) is 0 Å². The van der Waals surface area contributed by atoms with E-state index in [0.717, 1.165) is 4.42 Å². The summed E-state index contributed by atoms with van der Waals surface area (Å²) in [7, 11) is 0. The minimum absolute atomic E-state index is 0.245. The van der Waals surface area contributed by atoms with Crippen LogP contribution >= 0.6 is 23.6 Å². The van der Waals surface area contributed by atoms with E-state index in [-0.39, 0.29) is 11.8 Å². The van der Waals surface area contributed by atoms with Gasteiger partial charge in [0.05, 0.1) is 0 Å². The number of urea groups is 1. The average Bonchev–Trinajstić information content (AvgIpc) is 2.33. The Morgan fingerprint density at radius 2 is 1.47 bits per heavy atom. The molecule has 98 valence electrons. The van der Waals surface area contributed by atoms with Gasteiger partial charge in [0.25, 0.3) is 5.91 Å². The van der Waals surface area contributed by atoms with Gasteiger partial charge in [0.15, 0.2) is 0 Å². The van der Waals surface area contributed by atoms with E-state index >= 15 is 0 Å². The Morgan fingerprint density at radius 1 is 1.06 bits per heavy atom. The summed E-state index contributed by atoms with van der Waals surface area (Å²) in [6.45, 7) is 7.95. The van der Waals surface area contributed by atoms with Crippen molar-refractivity contribution in [2.45, 2.75) is 46.1 Å². The monoisotopic (exact) mass is 280 g/mol.